The Morgan fingerprint density at radius 1 is 0.591 bits per heavy atom. The van der Waals surface area contributed by atoms with E-state index < -0.39 is 11.6 Å². The van der Waals surface area contributed by atoms with Gasteiger partial charge in [-0.3, -0.25) is 0 Å². The first-order chi connectivity index (χ1) is 10.7. The monoisotopic (exact) mass is 294 g/mol. The Hall–Kier alpha value is -2.48. The van der Waals surface area contributed by atoms with E-state index in [2.05, 4.69) is 24.3 Å². The van der Waals surface area contributed by atoms with Crippen molar-refractivity contribution in [1.82, 2.24) is 0 Å². The molecule has 0 aromatic heterocycles. The Morgan fingerprint density at radius 3 is 2.00 bits per heavy atom. The van der Waals surface area contributed by atoms with E-state index in [0.717, 1.165) is 17.2 Å². The van der Waals surface area contributed by atoms with Crippen molar-refractivity contribution in [3.63, 3.8) is 0 Å². The summed E-state index contributed by atoms with van der Waals surface area (Å²) in [5, 5.41) is 0. The third-order valence-electron chi connectivity index (χ3n) is 3.78. The zero-order valence-electron chi connectivity index (χ0n) is 12.1. The van der Waals surface area contributed by atoms with Gasteiger partial charge in [0.05, 0.1) is 0 Å². The standard InChI is InChI=1S/C20H16F2/c21-19-8-4-7-18(20(19)22)14-11-15-9-12-17(13-10-15)16-5-2-1-3-6-16/h1-10,12-13H,11,14H2. The van der Waals surface area contributed by atoms with Gasteiger partial charge in [0.1, 0.15) is 0 Å². The highest BCUT2D eigenvalue weighted by Gasteiger charge is 2.07. The van der Waals surface area contributed by atoms with Gasteiger partial charge in [-0.25, -0.2) is 8.78 Å². The zero-order chi connectivity index (χ0) is 15.4. The lowest BCUT2D eigenvalue weighted by molar-refractivity contribution is 0.498. The van der Waals surface area contributed by atoms with Crippen LogP contribution in [0, 0.1) is 11.6 Å². The predicted molar refractivity (Wildman–Crippen MR) is 85.6 cm³/mol. The molecule has 0 aliphatic rings. The molecule has 3 aromatic rings. The van der Waals surface area contributed by atoms with Crippen molar-refractivity contribution < 1.29 is 8.78 Å². The summed E-state index contributed by atoms with van der Waals surface area (Å²) in [4.78, 5) is 0. The number of hydrogen-bond donors (Lipinski definition) is 0. The second-order valence-corrected chi connectivity index (χ2v) is 5.28. The van der Waals surface area contributed by atoms with Crippen molar-refractivity contribution in [2.45, 2.75) is 12.8 Å². The summed E-state index contributed by atoms with van der Waals surface area (Å²) >= 11 is 0. The Bertz CT molecular complexity index is 746. The molecular weight excluding hydrogens is 278 g/mol. The molecule has 0 saturated carbocycles. The summed E-state index contributed by atoms with van der Waals surface area (Å²) in [6, 6.07) is 22.7. The molecule has 0 amide bonds. The van der Waals surface area contributed by atoms with Crippen molar-refractivity contribution in [2.75, 3.05) is 0 Å². The van der Waals surface area contributed by atoms with Crippen LogP contribution in [0.5, 0.6) is 0 Å². The minimum absolute atomic E-state index is 0.423. The average molecular weight is 294 g/mol. The van der Waals surface area contributed by atoms with E-state index in [-0.39, 0.29) is 0 Å². The van der Waals surface area contributed by atoms with Gasteiger partial charge in [-0.2, -0.15) is 0 Å². The molecule has 0 fully saturated rings. The van der Waals surface area contributed by atoms with Crippen LogP contribution in [0.25, 0.3) is 11.1 Å². The molecule has 0 aliphatic carbocycles. The Kier molecular flexibility index (Phi) is 4.29. The SMILES string of the molecule is Fc1cccc(CCc2ccc(-c3ccccc3)cc2)c1F. The van der Waals surface area contributed by atoms with Gasteiger partial charge in [0.15, 0.2) is 11.6 Å². The molecule has 0 bridgehead atoms. The third-order valence-corrected chi connectivity index (χ3v) is 3.78. The van der Waals surface area contributed by atoms with Gasteiger partial charge in [-0.1, -0.05) is 66.7 Å². The molecule has 110 valence electrons. The number of aryl methyl sites for hydroxylation is 2. The summed E-state index contributed by atoms with van der Waals surface area (Å²) in [6.45, 7) is 0. The summed E-state index contributed by atoms with van der Waals surface area (Å²) in [5.74, 6) is -1.51. The maximum Gasteiger partial charge on any atom is 0.162 e. The first-order valence-electron chi connectivity index (χ1n) is 7.31. The number of hydrogen-bond acceptors (Lipinski definition) is 0. The van der Waals surface area contributed by atoms with Crippen LogP contribution in [-0.4, -0.2) is 0 Å². The van der Waals surface area contributed by atoms with Crippen LogP contribution in [0.4, 0.5) is 8.78 Å². The van der Waals surface area contributed by atoms with Gasteiger partial charge in [0.25, 0.3) is 0 Å². The number of halogens is 2. The molecule has 0 atom stereocenters. The lowest BCUT2D eigenvalue weighted by atomic mass is 10.00. The molecule has 0 radical (unpaired) electrons. The smallest absolute Gasteiger partial charge is 0.162 e. The molecule has 0 unspecified atom stereocenters. The predicted octanol–water partition coefficient (Wildman–Crippen LogP) is 5.42. The summed E-state index contributed by atoms with van der Waals surface area (Å²) in [7, 11) is 0. The number of benzene rings is 3. The molecule has 3 rings (SSSR count). The molecule has 22 heavy (non-hydrogen) atoms. The molecule has 0 aliphatic heterocycles. The van der Waals surface area contributed by atoms with Gasteiger partial charge < -0.3 is 0 Å². The molecule has 2 heteroatoms. The van der Waals surface area contributed by atoms with E-state index in [4.69, 9.17) is 0 Å². The highest BCUT2D eigenvalue weighted by molar-refractivity contribution is 5.63. The summed E-state index contributed by atoms with van der Waals surface area (Å²) in [5.41, 5.74) is 3.86. The lowest BCUT2D eigenvalue weighted by Crippen LogP contribution is -1.97. The summed E-state index contributed by atoms with van der Waals surface area (Å²) < 4.78 is 26.8. The van der Waals surface area contributed by atoms with Gasteiger partial charge in [0.2, 0.25) is 0 Å². The normalized spacial score (nSPS) is 10.6. The quantitative estimate of drug-likeness (QED) is 0.603. The minimum Gasteiger partial charge on any atom is -0.204 e. The van der Waals surface area contributed by atoms with Crippen LogP contribution in [0.3, 0.4) is 0 Å². The van der Waals surface area contributed by atoms with E-state index in [9.17, 15) is 8.78 Å². The lowest BCUT2D eigenvalue weighted by Gasteiger charge is -2.06. The molecule has 0 N–H and O–H groups in total. The zero-order valence-corrected chi connectivity index (χ0v) is 12.1. The van der Waals surface area contributed by atoms with Gasteiger partial charge in [-0.05, 0) is 41.2 Å². The second kappa shape index (κ2) is 6.52. The minimum atomic E-state index is -0.781. The largest absolute Gasteiger partial charge is 0.204 e. The Morgan fingerprint density at radius 2 is 1.27 bits per heavy atom. The van der Waals surface area contributed by atoms with Crippen LogP contribution in [0.15, 0.2) is 72.8 Å². The molecular formula is C20H16F2. The molecule has 0 heterocycles. The van der Waals surface area contributed by atoms with Gasteiger partial charge in [-0.15, -0.1) is 0 Å². The topological polar surface area (TPSA) is 0 Å². The average Bonchev–Trinajstić information content (AvgIpc) is 2.57. The van der Waals surface area contributed by atoms with E-state index in [1.54, 1.807) is 12.1 Å². The van der Waals surface area contributed by atoms with E-state index in [1.165, 1.54) is 5.56 Å². The van der Waals surface area contributed by atoms with Crippen LogP contribution in [0.1, 0.15) is 11.1 Å². The van der Waals surface area contributed by atoms with Crippen molar-refractivity contribution in [1.29, 1.82) is 0 Å². The summed E-state index contributed by atoms with van der Waals surface area (Å²) in [6.07, 6.45) is 1.18. The maximum absolute atomic E-state index is 13.6. The molecule has 3 aromatic carbocycles. The van der Waals surface area contributed by atoms with Crippen LogP contribution < -0.4 is 0 Å². The van der Waals surface area contributed by atoms with Gasteiger partial charge >= 0.3 is 0 Å². The molecule has 0 spiro atoms. The van der Waals surface area contributed by atoms with E-state index >= 15 is 0 Å². The van der Waals surface area contributed by atoms with Crippen LogP contribution in [-0.2, 0) is 12.8 Å². The fourth-order valence-electron chi connectivity index (χ4n) is 2.52. The second-order valence-electron chi connectivity index (χ2n) is 5.28. The van der Waals surface area contributed by atoms with Crippen molar-refractivity contribution in [3.05, 3.63) is 95.6 Å². The Labute approximate surface area is 129 Å². The first-order valence-corrected chi connectivity index (χ1v) is 7.31. The molecule has 0 saturated heterocycles. The molecule has 0 nitrogen and oxygen atoms in total. The Balaban J connectivity index is 1.70. The maximum atomic E-state index is 13.6. The highest BCUT2D eigenvalue weighted by atomic mass is 19.2. The first kappa shape index (κ1) is 14.5. The highest BCUT2D eigenvalue weighted by Crippen LogP contribution is 2.20. The van der Waals surface area contributed by atoms with Crippen LogP contribution in [0.2, 0.25) is 0 Å². The van der Waals surface area contributed by atoms with Crippen molar-refractivity contribution in [3.8, 4) is 11.1 Å². The van der Waals surface area contributed by atoms with E-state index in [1.807, 2.05) is 30.3 Å². The van der Waals surface area contributed by atoms with Gasteiger partial charge in [0, 0.05) is 0 Å². The fourth-order valence-corrected chi connectivity index (χ4v) is 2.52. The van der Waals surface area contributed by atoms with Crippen LogP contribution >= 0.6 is 0 Å². The third kappa shape index (κ3) is 3.22. The van der Waals surface area contributed by atoms with E-state index in [0.29, 0.717) is 18.4 Å². The number of rotatable bonds is 4. The van der Waals surface area contributed by atoms with Crippen molar-refractivity contribution >= 4 is 0 Å². The fraction of sp³-hybridized carbons (Fsp3) is 0.100. The van der Waals surface area contributed by atoms with Crippen molar-refractivity contribution in [2.24, 2.45) is 0 Å².